The van der Waals surface area contributed by atoms with Gasteiger partial charge in [0.05, 0.1) is 17.9 Å². The molecule has 22 heavy (non-hydrogen) atoms. The zero-order chi connectivity index (χ0) is 15.4. The number of hydrogen-bond donors (Lipinski definition) is 1. The molecule has 2 heterocycles. The van der Waals surface area contributed by atoms with Crippen LogP contribution in [0, 0.1) is 0 Å². The topological polar surface area (TPSA) is 75.3 Å². The maximum absolute atomic E-state index is 12.3. The number of nitrogens with one attached hydrogen (secondary N) is 1. The van der Waals surface area contributed by atoms with Crippen LogP contribution in [0.2, 0.25) is 0 Å². The Labute approximate surface area is 127 Å². The Morgan fingerprint density at radius 3 is 2.95 bits per heavy atom. The third kappa shape index (κ3) is 3.16. The fourth-order valence-corrected chi connectivity index (χ4v) is 2.67. The van der Waals surface area contributed by atoms with Gasteiger partial charge in [-0.1, -0.05) is 30.3 Å². The van der Waals surface area contributed by atoms with Crippen LogP contribution in [-0.2, 0) is 11.3 Å². The number of H-pyrrole nitrogens is 1. The quantitative estimate of drug-likeness (QED) is 0.943. The van der Waals surface area contributed by atoms with Crippen molar-refractivity contribution in [3.63, 3.8) is 0 Å². The average molecular weight is 299 g/mol. The summed E-state index contributed by atoms with van der Waals surface area (Å²) in [5.41, 5.74) is 1.43. The van der Waals surface area contributed by atoms with Crippen LogP contribution in [0.3, 0.4) is 0 Å². The number of carbonyl (C=O) groups excluding carboxylic acids is 1. The van der Waals surface area contributed by atoms with Crippen molar-refractivity contribution in [1.29, 1.82) is 0 Å². The van der Waals surface area contributed by atoms with Crippen molar-refractivity contribution in [1.82, 2.24) is 15.1 Å². The number of aromatic nitrogens is 2. The van der Waals surface area contributed by atoms with Gasteiger partial charge in [0.1, 0.15) is 6.61 Å². The first-order valence-corrected chi connectivity index (χ1v) is 7.26. The number of hydrogen-bond acceptors (Lipinski definition) is 4. The fraction of sp³-hybridized carbons (Fsp3) is 0.312. The molecule has 0 bridgehead atoms. The van der Waals surface area contributed by atoms with Crippen molar-refractivity contribution < 1.29 is 9.53 Å². The minimum atomic E-state index is -0.365. The van der Waals surface area contributed by atoms with E-state index in [1.807, 2.05) is 30.3 Å². The van der Waals surface area contributed by atoms with Crippen LogP contribution < -0.4 is 5.43 Å². The van der Waals surface area contributed by atoms with Crippen LogP contribution in [0.25, 0.3) is 0 Å². The highest BCUT2D eigenvalue weighted by molar-refractivity contribution is 5.68. The summed E-state index contributed by atoms with van der Waals surface area (Å²) in [5.74, 6) is 0. The van der Waals surface area contributed by atoms with E-state index >= 15 is 0 Å². The largest absolute Gasteiger partial charge is 0.445 e. The van der Waals surface area contributed by atoms with Gasteiger partial charge in [-0.15, -0.1) is 0 Å². The summed E-state index contributed by atoms with van der Waals surface area (Å²) >= 11 is 0. The lowest BCUT2D eigenvalue weighted by Gasteiger charge is -2.23. The van der Waals surface area contributed by atoms with Gasteiger partial charge in [-0.05, 0) is 18.4 Å². The van der Waals surface area contributed by atoms with Crippen molar-refractivity contribution in [2.75, 3.05) is 6.54 Å². The van der Waals surface area contributed by atoms with Crippen LogP contribution in [0.5, 0.6) is 0 Å². The number of carbonyl (C=O) groups is 1. The molecule has 6 nitrogen and oxygen atoms in total. The van der Waals surface area contributed by atoms with E-state index in [1.165, 1.54) is 12.3 Å². The summed E-state index contributed by atoms with van der Waals surface area (Å²) in [5, 5.41) is 6.61. The second-order valence-electron chi connectivity index (χ2n) is 5.26. The number of rotatable bonds is 3. The van der Waals surface area contributed by atoms with Crippen LogP contribution in [0.4, 0.5) is 4.79 Å². The van der Waals surface area contributed by atoms with E-state index in [1.54, 1.807) is 4.90 Å². The van der Waals surface area contributed by atoms with Crippen molar-refractivity contribution in [3.8, 4) is 0 Å². The summed E-state index contributed by atoms with van der Waals surface area (Å²) < 4.78 is 5.37. The molecule has 114 valence electrons. The van der Waals surface area contributed by atoms with E-state index < -0.39 is 0 Å². The van der Waals surface area contributed by atoms with Gasteiger partial charge in [0.15, 0.2) is 5.43 Å². The molecule has 1 aliphatic rings. The van der Waals surface area contributed by atoms with Gasteiger partial charge in [-0.25, -0.2) is 4.79 Å². The monoisotopic (exact) mass is 299 g/mol. The third-order valence-corrected chi connectivity index (χ3v) is 3.73. The Bertz CT molecular complexity index is 699. The van der Waals surface area contributed by atoms with Crippen molar-refractivity contribution in [3.05, 3.63) is 64.1 Å². The van der Waals surface area contributed by atoms with E-state index in [-0.39, 0.29) is 24.2 Å². The Hall–Kier alpha value is -2.63. The molecule has 1 amide bonds. The number of ether oxygens (including phenoxy) is 1. The van der Waals surface area contributed by atoms with Crippen LogP contribution in [0.15, 0.2) is 47.4 Å². The molecule has 0 aliphatic carbocycles. The molecule has 2 aromatic rings. The van der Waals surface area contributed by atoms with Crippen molar-refractivity contribution in [2.45, 2.75) is 25.5 Å². The van der Waals surface area contributed by atoms with Gasteiger partial charge >= 0.3 is 6.09 Å². The molecule has 1 N–H and O–H groups in total. The van der Waals surface area contributed by atoms with Gasteiger partial charge in [-0.2, -0.15) is 5.10 Å². The molecule has 6 heteroatoms. The van der Waals surface area contributed by atoms with Gasteiger partial charge in [0, 0.05) is 12.6 Å². The lowest BCUT2D eigenvalue weighted by molar-refractivity contribution is 0.0913. The van der Waals surface area contributed by atoms with E-state index in [2.05, 4.69) is 10.2 Å². The summed E-state index contributed by atoms with van der Waals surface area (Å²) in [6.07, 6.45) is 2.52. The molecule has 0 unspecified atom stereocenters. The molecular formula is C16H17N3O3. The molecule has 1 aromatic heterocycles. The first-order chi connectivity index (χ1) is 10.7. The molecule has 1 fully saturated rings. The van der Waals surface area contributed by atoms with Crippen LogP contribution >= 0.6 is 0 Å². The number of nitrogens with zero attached hydrogens (tertiary/aromatic N) is 2. The second-order valence-corrected chi connectivity index (χ2v) is 5.26. The van der Waals surface area contributed by atoms with Gasteiger partial charge < -0.3 is 4.74 Å². The summed E-state index contributed by atoms with van der Waals surface area (Å²) in [7, 11) is 0. The third-order valence-electron chi connectivity index (χ3n) is 3.73. The minimum absolute atomic E-state index is 0.168. The van der Waals surface area contributed by atoms with E-state index in [9.17, 15) is 9.59 Å². The van der Waals surface area contributed by atoms with E-state index in [0.717, 1.165) is 18.4 Å². The molecular weight excluding hydrogens is 282 g/mol. The van der Waals surface area contributed by atoms with Crippen molar-refractivity contribution in [2.24, 2.45) is 0 Å². The van der Waals surface area contributed by atoms with Crippen LogP contribution in [0.1, 0.15) is 30.1 Å². The molecule has 1 atom stereocenters. The molecule has 0 saturated carbocycles. The summed E-state index contributed by atoms with van der Waals surface area (Å²) in [4.78, 5) is 25.3. The first kappa shape index (κ1) is 14.3. The Balaban J connectivity index is 1.67. The number of likely N-dealkylation sites (tertiary alicyclic amines) is 1. The Morgan fingerprint density at radius 2 is 2.18 bits per heavy atom. The summed E-state index contributed by atoms with van der Waals surface area (Å²) in [6, 6.07) is 10.9. The average Bonchev–Trinajstić information content (AvgIpc) is 3.03. The highest BCUT2D eigenvalue weighted by Gasteiger charge is 2.31. The molecule has 1 aromatic carbocycles. The van der Waals surface area contributed by atoms with Gasteiger partial charge in [-0.3, -0.25) is 14.8 Å². The van der Waals surface area contributed by atoms with E-state index in [4.69, 9.17) is 4.74 Å². The number of benzene rings is 1. The molecule has 1 saturated heterocycles. The predicted molar refractivity (Wildman–Crippen MR) is 80.2 cm³/mol. The Morgan fingerprint density at radius 1 is 1.36 bits per heavy atom. The standard InChI is InChI=1S/C16H17N3O3/c20-13-9-14(18-17-10-13)15-7-4-8-19(15)16(21)22-11-12-5-2-1-3-6-12/h1-3,5-6,9-10,15H,4,7-8,11H2,(H,18,20)/t15-/m1/s1. The minimum Gasteiger partial charge on any atom is -0.445 e. The fourth-order valence-electron chi connectivity index (χ4n) is 2.67. The van der Waals surface area contributed by atoms with Crippen LogP contribution in [-0.4, -0.2) is 27.7 Å². The molecule has 0 spiro atoms. The van der Waals surface area contributed by atoms with Gasteiger partial charge in [0.2, 0.25) is 0 Å². The maximum atomic E-state index is 12.3. The van der Waals surface area contributed by atoms with Gasteiger partial charge in [0.25, 0.3) is 0 Å². The zero-order valence-corrected chi connectivity index (χ0v) is 12.1. The Kier molecular flexibility index (Phi) is 4.18. The normalized spacial score (nSPS) is 17.5. The number of amides is 1. The predicted octanol–water partition coefficient (Wildman–Crippen LogP) is 2.24. The zero-order valence-electron chi connectivity index (χ0n) is 12.1. The molecule has 3 rings (SSSR count). The first-order valence-electron chi connectivity index (χ1n) is 7.26. The maximum Gasteiger partial charge on any atom is 0.410 e. The van der Waals surface area contributed by atoms with E-state index in [0.29, 0.717) is 12.2 Å². The highest BCUT2D eigenvalue weighted by atomic mass is 16.6. The molecule has 1 aliphatic heterocycles. The SMILES string of the molecule is O=C(OCc1ccccc1)N1CCC[C@@H]1c1cc(=O)cn[nH]1. The van der Waals surface area contributed by atoms with Crippen molar-refractivity contribution >= 4 is 6.09 Å². The highest BCUT2D eigenvalue weighted by Crippen LogP contribution is 2.30. The smallest absolute Gasteiger partial charge is 0.410 e. The number of aromatic amines is 1. The summed E-state index contributed by atoms with van der Waals surface area (Å²) in [6.45, 7) is 0.863. The lowest BCUT2D eigenvalue weighted by atomic mass is 10.1. The second kappa shape index (κ2) is 6.43. The molecule has 0 radical (unpaired) electrons. The lowest BCUT2D eigenvalue weighted by Crippen LogP contribution is -2.32.